The summed E-state index contributed by atoms with van der Waals surface area (Å²) in [5.41, 5.74) is 0.476. The third-order valence-electron chi connectivity index (χ3n) is 4.42. The van der Waals surface area contributed by atoms with Gasteiger partial charge in [-0.05, 0) is 55.5 Å². The lowest BCUT2D eigenvalue weighted by Crippen LogP contribution is -2.49. The third-order valence-corrected chi connectivity index (χ3v) is 4.68. The normalized spacial score (nSPS) is 30.1. The summed E-state index contributed by atoms with van der Waals surface area (Å²) in [5, 5.41) is 6.94. The molecule has 108 valence electrons. The van der Waals surface area contributed by atoms with Crippen molar-refractivity contribution in [3.8, 4) is 5.75 Å². The summed E-state index contributed by atoms with van der Waals surface area (Å²) in [6, 6.07) is 7.36. The van der Waals surface area contributed by atoms with Gasteiger partial charge in [0.25, 0.3) is 5.91 Å². The van der Waals surface area contributed by atoms with Crippen molar-refractivity contribution in [2.45, 2.75) is 18.9 Å². The lowest BCUT2D eigenvalue weighted by Gasteiger charge is -2.35. The SMILES string of the molecule is CNCC12CC(NC(=O)COc3ccc(Cl)cc3)C1C2. The van der Waals surface area contributed by atoms with Crippen molar-refractivity contribution in [2.75, 3.05) is 20.2 Å². The Bertz CT molecular complexity index is 505. The predicted octanol–water partition coefficient (Wildman–Crippen LogP) is 1.83. The van der Waals surface area contributed by atoms with E-state index in [1.165, 1.54) is 6.42 Å². The van der Waals surface area contributed by atoms with Gasteiger partial charge in [0.1, 0.15) is 5.75 Å². The number of ether oxygens (including phenoxy) is 1. The van der Waals surface area contributed by atoms with Crippen LogP contribution in [0.4, 0.5) is 0 Å². The zero-order valence-electron chi connectivity index (χ0n) is 11.5. The van der Waals surface area contributed by atoms with Crippen LogP contribution in [0.2, 0.25) is 5.02 Å². The maximum atomic E-state index is 11.8. The van der Waals surface area contributed by atoms with Gasteiger partial charge in [-0.3, -0.25) is 4.79 Å². The van der Waals surface area contributed by atoms with Crippen molar-refractivity contribution in [3.05, 3.63) is 29.3 Å². The fourth-order valence-electron chi connectivity index (χ4n) is 3.31. The standard InChI is InChI=1S/C15H19ClN2O2/c1-17-9-15-6-12(15)13(7-15)18-14(19)8-20-11-4-2-10(16)3-5-11/h2-5,12-13,17H,6-9H2,1H3,(H,18,19). The van der Waals surface area contributed by atoms with Gasteiger partial charge in [-0.1, -0.05) is 11.6 Å². The van der Waals surface area contributed by atoms with Gasteiger partial charge in [0.05, 0.1) is 0 Å². The number of halogens is 1. The van der Waals surface area contributed by atoms with Crippen molar-refractivity contribution >= 4 is 17.5 Å². The average molecular weight is 295 g/mol. The number of carbonyl (C=O) groups excluding carboxylic acids is 1. The maximum Gasteiger partial charge on any atom is 0.258 e. The first-order valence-electron chi connectivity index (χ1n) is 6.95. The average Bonchev–Trinajstić information content (AvgIpc) is 3.01. The molecule has 2 aliphatic rings. The monoisotopic (exact) mass is 294 g/mol. The number of benzene rings is 1. The Morgan fingerprint density at radius 3 is 2.80 bits per heavy atom. The fourth-order valence-corrected chi connectivity index (χ4v) is 3.44. The summed E-state index contributed by atoms with van der Waals surface area (Å²) >= 11 is 5.79. The molecule has 0 radical (unpaired) electrons. The van der Waals surface area contributed by atoms with E-state index in [-0.39, 0.29) is 12.5 Å². The Morgan fingerprint density at radius 2 is 2.15 bits per heavy atom. The summed E-state index contributed by atoms with van der Waals surface area (Å²) < 4.78 is 5.43. The third kappa shape index (κ3) is 2.63. The number of amides is 1. The molecule has 2 aliphatic carbocycles. The molecule has 20 heavy (non-hydrogen) atoms. The molecule has 0 spiro atoms. The van der Waals surface area contributed by atoms with E-state index >= 15 is 0 Å². The summed E-state index contributed by atoms with van der Waals surface area (Å²) in [4.78, 5) is 11.8. The number of hydrogen-bond acceptors (Lipinski definition) is 3. The number of fused-ring (bicyclic) bond motifs is 1. The van der Waals surface area contributed by atoms with Crippen LogP contribution >= 0.6 is 11.6 Å². The highest BCUT2D eigenvalue weighted by Gasteiger charge is 2.66. The molecule has 0 aromatic heterocycles. The van der Waals surface area contributed by atoms with Crippen LogP contribution in [0.15, 0.2) is 24.3 Å². The summed E-state index contributed by atoms with van der Waals surface area (Å²) in [7, 11) is 1.98. The van der Waals surface area contributed by atoms with Gasteiger partial charge in [0, 0.05) is 17.6 Å². The number of carbonyl (C=O) groups is 1. The van der Waals surface area contributed by atoms with Crippen LogP contribution in [0.25, 0.3) is 0 Å². The lowest BCUT2D eigenvalue weighted by molar-refractivity contribution is -0.124. The molecule has 2 fully saturated rings. The molecule has 3 atom stereocenters. The van der Waals surface area contributed by atoms with E-state index in [4.69, 9.17) is 16.3 Å². The maximum absolute atomic E-state index is 11.8. The highest BCUT2D eigenvalue weighted by Crippen LogP contribution is 2.66. The van der Waals surface area contributed by atoms with Gasteiger partial charge in [-0.2, -0.15) is 0 Å². The minimum Gasteiger partial charge on any atom is -0.484 e. The predicted molar refractivity (Wildman–Crippen MR) is 78.0 cm³/mol. The first-order chi connectivity index (χ1) is 9.63. The van der Waals surface area contributed by atoms with Gasteiger partial charge in [0.2, 0.25) is 0 Å². The summed E-state index contributed by atoms with van der Waals surface area (Å²) in [6.45, 7) is 1.12. The van der Waals surface area contributed by atoms with Crippen LogP contribution < -0.4 is 15.4 Å². The molecule has 0 saturated heterocycles. The zero-order chi connectivity index (χ0) is 14.2. The molecule has 4 nitrogen and oxygen atoms in total. The second-order valence-electron chi connectivity index (χ2n) is 5.82. The van der Waals surface area contributed by atoms with Gasteiger partial charge in [0.15, 0.2) is 6.61 Å². The second-order valence-corrected chi connectivity index (χ2v) is 6.26. The van der Waals surface area contributed by atoms with E-state index in [0.717, 1.165) is 13.0 Å². The molecular formula is C15H19ClN2O2. The Balaban J connectivity index is 1.40. The molecule has 2 saturated carbocycles. The first-order valence-corrected chi connectivity index (χ1v) is 7.33. The molecule has 0 heterocycles. The Kier molecular flexibility index (Phi) is 3.61. The van der Waals surface area contributed by atoms with Crippen molar-refractivity contribution in [2.24, 2.45) is 11.3 Å². The number of hydrogen-bond donors (Lipinski definition) is 2. The Hall–Kier alpha value is -1.26. The van der Waals surface area contributed by atoms with Crippen molar-refractivity contribution < 1.29 is 9.53 Å². The van der Waals surface area contributed by atoms with Gasteiger partial charge < -0.3 is 15.4 Å². The highest BCUT2D eigenvalue weighted by molar-refractivity contribution is 6.30. The van der Waals surface area contributed by atoms with E-state index in [2.05, 4.69) is 10.6 Å². The Labute approximate surface area is 123 Å². The fraction of sp³-hybridized carbons (Fsp3) is 0.533. The van der Waals surface area contributed by atoms with Crippen LogP contribution in [0.1, 0.15) is 12.8 Å². The lowest BCUT2D eigenvalue weighted by atomic mass is 9.80. The van der Waals surface area contributed by atoms with Crippen molar-refractivity contribution in [1.29, 1.82) is 0 Å². The van der Waals surface area contributed by atoms with Gasteiger partial charge in [-0.15, -0.1) is 0 Å². The topological polar surface area (TPSA) is 50.4 Å². The van der Waals surface area contributed by atoms with Crippen molar-refractivity contribution in [1.82, 2.24) is 10.6 Å². The summed E-state index contributed by atoms with van der Waals surface area (Å²) in [6.07, 6.45) is 2.32. The molecule has 3 rings (SSSR count). The molecule has 0 bridgehead atoms. The van der Waals surface area contributed by atoms with Crippen LogP contribution in [0, 0.1) is 11.3 Å². The van der Waals surface area contributed by atoms with Crippen LogP contribution in [0.5, 0.6) is 5.75 Å². The smallest absolute Gasteiger partial charge is 0.258 e. The highest BCUT2D eigenvalue weighted by atomic mass is 35.5. The molecule has 3 unspecified atom stereocenters. The molecule has 5 heteroatoms. The molecule has 0 aliphatic heterocycles. The molecule has 1 amide bonds. The van der Waals surface area contributed by atoms with E-state index in [1.807, 2.05) is 7.05 Å². The van der Waals surface area contributed by atoms with Gasteiger partial charge >= 0.3 is 0 Å². The van der Waals surface area contributed by atoms with Crippen LogP contribution in [-0.2, 0) is 4.79 Å². The summed E-state index contributed by atoms with van der Waals surface area (Å²) in [5.74, 6) is 1.28. The minimum absolute atomic E-state index is 0.0464. The van der Waals surface area contributed by atoms with Crippen LogP contribution in [0.3, 0.4) is 0 Å². The second kappa shape index (κ2) is 5.26. The largest absolute Gasteiger partial charge is 0.484 e. The van der Waals surface area contributed by atoms with Gasteiger partial charge in [-0.25, -0.2) is 0 Å². The van der Waals surface area contributed by atoms with E-state index in [1.54, 1.807) is 24.3 Å². The number of nitrogens with one attached hydrogen (secondary N) is 2. The first kappa shape index (κ1) is 13.7. The molecule has 1 aromatic carbocycles. The zero-order valence-corrected chi connectivity index (χ0v) is 12.2. The molecule has 1 aromatic rings. The molecule has 2 N–H and O–H groups in total. The van der Waals surface area contributed by atoms with Crippen LogP contribution in [-0.4, -0.2) is 32.1 Å². The van der Waals surface area contributed by atoms with E-state index in [0.29, 0.717) is 28.1 Å². The minimum atomic E-state index is -0.0464. The molecular weight excluding hydrogens is 276 g/mol. The quantitative estimate of drug-likeness (QED) is 0.842. The van der Waals surface area contributed by atoms with E-state index < -0.39 is 0 Å². The van der Waals surface area contributed by atoms with Crippen molar-refractivity contribution in [3.63, 3.8) is 0 Å². The number of rotatable bonds is 6. The Morgan fingerprint density at radius 1 is 1.40 bits per heavy atom. The van der Waals surface area contributed by atoms with E-state index in [9.17, 15) is 4.79 Å².